The third-order valence-electron chi connectivity index (χ3n) is 9.12. The predicted molar refractivity (Wildman–Crippen MR) is 181 cm³/mol. The molecule has 0 aliphatic heterocycles. The monoisotopic (exact) mass is 588 g/mol. The molecule has 6 heteroatoms. The number of nitrogen functional groups attached to an aromatic ring is 2. The van der Waals surface area contributed by atoms with Crippen LogP contribution in [0.25, 0.3) is 16.7 Å². The predicted octanol–water partition coefficient (Wildman–Crippen LogP) is 5.70. The fourth-order valence-electron chi connectivity index (χ4n) is 7.10. The summed E-state index contributed by atoms with van der Waals surface area (Å²) in [7, 11) is 0. The average molecular weight is 589 g/mol. The molecular weight excluding hydrogens is 556 g/mol. The Balaban J connectivity index is 0.000000163. The van der Waals surface area contributed by atoms with E-state index in [1.54, 1.807) is 12.2 Å². The summed E-state index contributed by atoms with van der Waals surface area (Å²) in [4.78, 5) is 25.5. The fourth-order valence-corrected chi connectivity index (χ4v) is 7.10. The molecule has 0 amide bonds. The van der Waals surface area contributed by atoms with E-state index in [-0.39, 0.29) is 11.6 Å². The Morgan fingerprint density at radius 1 is 0.689 bits per heavy atom. The topological polar surface area (TPSA) is 138 Å². The van der Waals surface area contributed by atoms with E-state index in [0.717, 1.165) is 55.7 Å². The standard InChI is InChI=1S/C25H20N2O.C14H12N2O/c26-18-11-12-19-20-13-14-22(27)24(28)23(20)25(21(19)15-18,16-7-3-1-4-8-16)17-9-5-2-6-10-17;1-7-11-6-8(15)2-3-9(11)10-4-5-12(16)14(17)13(7)10/h1-15,22H,26-27H2;2-6H,15-16H2,1H3. The van der Waals surface area contributed by atoms with Gasteiger partial charge in [0.05, 0.1) is 17.2 Å². The van der Waals surface area contributed by atoms with Gasteiger partial charge in [0.25, 0.3) is 0 Å². The molecule has 6 nitrogen and oxygen atoms in total. The van der Waals surface area contributed by atoms with Gasteiger partial charge in [-0.2, -0.15) is 0 Å². The van der Waals surface area contributed by atoms with Gasteiger partial charge in [0.2, 0.25) is 5.78 Å². The van der Waals surface area contributed by atoms with Crippen molar-refractivity contribution in [2.75, 3.05) is 11.5 Å². The van der Waals surface area contributed by atoms with E-state index in [2.05, 4.69) is 24.3 Å². The first-order valence-electron chi connectivity index (χ1n) is 14.8. The Morgan fingerprint density at radius 2 is 1.29 bits per heavy atom. The maximum absolute atomic E-state index is 13.5. The lowest BCUT2D eigenvalue weighted by atomic mass is 9.65. The summed E-state index contributed by atoms with van der Waals surface area (Å²) in [5.41, 5.74) is 35.3. The van der Waals surface area contributed by atoms with E-state index >= 15 is 0 Å². The summed E-state index contributed by atoms with van der Waals surface area (Å²) in [6, 6.07) is 31.3. The highest BCUT2D eigenvalue weighted by Crippen LogP contribution is 2.56. The molecule has 1 atom stereocenters. The fraction of sp³-hybridized carbons (Fsp3) is 0.0769. The maximum Gasteiger partial charge on any atom is 0.209 e. The van der Waals surface area contributed by atoms with Crippen molar-refractivity contribution in [1.82, 2.24) is 0 Å². The molecule has 0 aromatic heterocycles. The molecule has 1 unspecified atom stereocenters. The number of ketones is 2. The van der Waals surface area contributed by atoms with Gasteiger partial charge in [-0.1, -0.05) is 91.0 Å². The SMILES string of the molecule is CC1=C2C(=O)C(N)=CC=C2c2ccc(N)cc21.Nc1ccc2c(c1)C(c1ccccc1)(c1ccccc1)C1=C2C=CC(N)C1=O. The Labute approximate surface area is 261 Å². The smallest absolute Gasteiger partial charge is 0.209 e. The van der Waals surface area contributed by atoms with Crippen molar-refractivity contribution >= 4 is 39.7 Å². The van der Waals surface area contributed by atoms with Gasteiger partial charge in [0.15, 0.2) is 5.78 Å². The number of benzene rings is 4. The second kappa shape index (κ2) is 10.5. The average Bonchev–Trinajstić information content (AvgIpc) is 3.51. The molecule has 0 heterocycles. The quantitative estimate of drug-likeness (QED) is 0.222. The largest absolute Gasteiger partial charge is 0.399 e. The third-order valence-corrected chi connectivity index (χ3v) is 9.12. The number of anilines is 2. The van der Waals surface area contributed by atoms with Gasteiger partial charge in [0, 0.05) is 22.5 Å². The summed E-state index contributed by atoms with van der Waals surface area (Å²) in [5.74, 6) is -0.130. The van der Waals surface area contributed by atoms with Crippen LogP contribution in [-0.4, -0.2) is 17.6 Å². The Morgan fingerprint density at radius 3 is 1.93 bits per heavy atom. The number of rotatable bonds is 2. The Hall–Kier alpha value is -5.72. The van der Waals surface area contributed by atoms with E-state index in [4.69, 9.17) is 22.9 Å². The summed E-state index contributed by atoms with van der Waals surface area (Å²) < 4.78 is 0. The summed E-state index contributed by atoms with van der Waals surface area (Å²) in [5, 5.41) is 0. The van der Waals surface area contributed by atoms with Crippen LogP contribution < -0.4 is 22.9 Å². The number of allylic oxidation sites excluding steroid dienone is 7. The van der Waals surface area contributed by atoms with E-state index in [9.17, 15) is 9.59 Å². The van der Waals surface area contributed by atoms with Crippen LogP contribution in [0.15, 0.2) is 138 Å². The molecule has 0 saturated heterocycles. The number of hydrogen-bond donors (Lipinski definition) is 4. The second-order valence-corrected chi connectivity index (χ2v) is 11.7. The summed E-state index contributed by atoms with van der Waals surface area (Å²) >= 11 is 0. The van der Waals surface area contributed by atoms with Crippen molar-refractivity contribution in [2.45, 2.75) is 18.4 Å². The van der Waals surface area contributed by atoms with Crippen molar-refractivity contribution < 1.29 is 9.59 Å². The molecule has 0 spiro atoms. The van der Waals surface area contributed by atoms with Gasteiger partial charge in [-0.05, 0) is 87.4 Å². The molecule has 0 fully saturated rings. The molecule has 4 aliphatic carbocycles. The molecule has 4 aromatic carbocycles. The lowest BCUT2D eigenvalue weighted by Crippen LogP contribution is -2.40. The normalized spacial score (nSPS) is 18.8. The number of carbonyl (C=O) groups is 2. The van der Waals surface area contributed by atoms with Crippen LogP contribution in [0, 0.1) is 0 Å². The number of carbonyl (C=O) groups excluding carboxylic acids is 2. The molecule has 0 saturated carbocycles. The number of nitrogens with two attached hydrogens (primary N) is 4. The number of fused-ring (bicyclic) bond motifs is 5. The molecular formula is C39H32N4O2. The molecule has 4 aliphatic rings. The lowest BCUT2D eigenvalue weighted by molar-refractivity contribution is -0.116. The van der Waals surface area contributed by atoms with Crippen LogP contribution in [0.4, 0.5) is 11.4 Å². The number of hydrogen-bond acceptors (Lipinski definition) is 6. The van der Waals surface area contributed by atoms with Crippen LogP contribution >= 0.6 is 0 Å². The first-order valence-corrected chi connectivity index (χ1v) is 14.8. The minimum atomic E-state index is -0.734. The highest BCUT2D eigenvalue weighted by atomic mass is 16.1. The first kappa shape index (κ1) is 28.1. The van der Waals surface area contributed by atoms with Crippen molar-refractivity contribution in [2.24, 2.45) is 11.5 Å². The summed E-state index contributed by atoms with van der Waals surface area (Å²) in [6.45, 7) is 1.94. The van der Waals surface area contributed by atoms with Gasteiger partial charge in [-0.15, -0.1) is 0 Å². The highest BCUT2D eigenvalue weighted by molar-refractivity contribution is 6.27. The molecule has 8 rings (SSSR count). The van der Waals surface area contributed by atoms with Crippen LogP contribution in [0.1, 0.15) is 40.3 Å². The van der Waals surface area contributed by atoms with E-state index in [1.165, 1.54) is 0 Å². The van der Waals surface area contributed by atoms with Gasteiger partial charge < -0.3 is 22.9 Å². The van der Waals surface area contributed by atoms with Gasteiger partial charge in [-0.3, -0.25) is 9.59 Å². The minimum absolute atomic E-state index is 0.0417. The molecule has 220 valence electrons. The zero-order chi connectivity index (χ0) is 31.5. The van der Waals surface area contributed by atoms with Crippen LogP contribution in [0.2, 0.25) is 0 Å². The van der Waals surface area contributed by atoms with E-state index in [0.29, 0.717) is 22.6 Å². The molecule has 0 bridgehead atoms. The molecule has 8 N–H and O–H groups in total. The first-order chi connectivity index (χ1) is 21.7. The van der Waals surface area contributed by atoms with Crippen LogP contribution in [-0.2, 0) is 15.0 Å². The van der Waals surface area contributed by atoms with E-state index < -0.39 is 11.5 Å². The van der Waals surface area contributed by atoms with Crippen molar-refractivity contribution in [3.63, 3.8) is 0 Å². The van der Waals surface area contributed by atoms with E-state index in [1.807, 2.05) is 91.9 Å². The van der Waals surface area contributed by atoms with Crippen LogP contribution in [0.3, 0.4) is 0 Å². The second-order valence-electron chi connectivity index (χ2n) is 11.7. The van der Waals surface area contributed by atoms with Crippen LogP contribution in [0.5, 0.6) is 0 Å². The van der Waals surface area contributed by atoms with Gasteiger partial charge in [0.1, 0.15) is 0 Å². The van der Waals surface area contributed by atoms with Gasteiger partial charge in [-0.25, -0.2) is 0 Å². The Kier molecular flexibility index (Phi) is 6.53. The third kappa shape index (κ3) is 4.14. The number of Topliss-reactive ketones (excluding diaryl/α,β-unsaturated/α-hetero) is 2. The molecule has 0 radical (unpaired) electrons. The van der Waals surface area contributed by atoms with Crippen molar-refractivity contribution in [3.05, 3.63) is 172 Å². The Bertz CT molecular complexity index is 2040. The highest BCUT2D eigenvalue weighted by Gasteiger charge is 2.51. The van der Waals surface area contributed by atoms with Crippen molar-refractivity contribution in [1.29, 1.82) is 0 Å². The minimum Gasteiger partial charge on any atom is -0.399 e. The lowest BCUT2D eigenvalue weighted by Gasteiger charge is -2.36. The zero-order valence-electron chi connectivity index (χ0n) is 24.8. The van der Waals surface area contributed by atoms with Gasteiger partial charge >= 0.3 is 0 Å². The molecule has 45 heavy (non-hydrogen) atoms. The zero-order valence-corrected chi connectivity index (χ0v) is 24.8. The van der Waals surface area contributed by atoms with Crippen molar-refractivity contribution in [3.8, 4) is 0 Å². The molecule has 4 aromatic rings. The summed E-state index contributed by atoms with van der Waals surface area (Å²) in [6.07, 6.45) is 7.34. The maximum atomic E-state index is 13.5.